The van der Waals surface area contributed by atoms with Gasteiger partial charge in [-0.1, -0.05) is 11.6 Å². The molecule has 1 heterocycles. The first kappa shape index (κ1) is 15.8. The second-order valence-corrected chi connectivity index (χ2v) is 5.41. The molecule has 1 unspecified atom stereocenters. The third-order valence-corrected chi connectivity index (χ3v) is 3.49. The number of halogens is 2. The molecule has 104 valence electrons. The summed E-state index contributed by atoms with van der Waals surface area (Å²) in [6, 6.07) is 0. The molecule has 0 amide bonds. The highest BCUT2D eigenvalue weighted by Crippen LogP contribution is 2.21. The van der Waals surface area contributed by atoms with Crippen LogP contribution in [-0.4, -0.2) is 47.4 Å². The molecule has 0 fully saturated rings. The van der Waals surface area contributed by atoms with Crippen molar-refractivity contribution in [3.63, 3.8) is 0 Å². The summed E-state index contributed by atoms with van der Waals surface area (Å²) in [5.41, 5.74) is 1.92. The van der Waals surface area contributed by atoms with Crippen LogP contribution in [-0.2, 0) is 17.8 Å². The molecule has 0 spiro atoms. The normalized spacial score (nSPS) is 13.3. The van der Waals surface area contributed by atoms with Crippen LogP contribution in [0, 0.1) is 6.92 Å². The minimum atomic E-state index is -0.0159. The molecule has 1 aromatic heterocycles. The van der Waals surface area contributed by atoms with Gasteiger partial charge in [0, 0.05) is 26.7 Å². The number of alkyl halides is 1. The topological polar surface area (TPSA) is 30.3 Å². The Morgan fingerprint density at radius 3 is 2.72 bits per heavy atom. The minimum absolute atomic E-state index is 0.0159. The van der Waals surface area contributed by atoms with E-state index in [-0.39, 0.29) is 5.38 Å². The summed E-state index contributed by atoms with van der Waals surface area (Å²) in [6.45, 7) is 6.83. The van der Waals surface area contributed by atoms with E-state index in [9.17, 15) is 0 Å². The SMILES string of the molecule is CCn1nc(C)c(Cl)c1CN(C)CC(Cl)COC. The van der Waals surface area contributed by atoms with E-state index in [1.807, 2.05) is 18.7 Å². The first-order valence-corrected chi connectivity index (χ1v) is 6.84. The predicted molar refractivity (Wildman–Crippen MR) is 75.5 cm³/mol. The van der Waals surface area contributed by atoms with Gasteiger partial charge in [-0.05, 0) is 20.9 Å². The summed E-state index contributed by atoms with van der Waals surface area (Å²) < 4.78 is 6.96. The van der Waals surface area contributed by atoms with Gasteiger partial charge >= 0.3 is 0 Å². The monoisotopic (exact) mass is 293 g/mol. The molecule has 0 radical (unpaired) electrons. The molecule has 18 heavy (non-hydrogen) atoms. The highest BCUT2D eigenvalue weighted by atomic mass is 35.5. The molecular weight excluding hydrogens is 273 g/mol. The predicted octanol–water partition coefficient (Wildman–Crippen LogP) is 2.55. The smallest absolute Gasteiger partial charge is 0.0860 e. The average molecular weight is 294 g/mol. The van der Waals surface area contributed by atoms with Gasteiger partial charge in [-0.15, -0.1) is 11.6 Å². The van der Waals surface area contributed by atoms with E-state index in [0.29, 0.717) is 6.61 Å². The molecule has 4 nitrogen and oxygen atoms in total. The van der Waals surface area contributed by atoms with Crippen molar-refractivity contribution in [2.75, 3.05) is 27.3 Å². The van der Waals surface area contributed by atoms with Crippen molar-refractivity contribution in [2.45, 2.75) is 32.3 Å². The third kappa shape index (κ3) is 4.12. The van der Waals surface area contributed by atoms with Crippen LogP contribution in [0.5, 0.6) is 0 Å². The molecule has 0 saturated carbocycles. The van der Waals surface area contributed by atoms with E-state index >= 15 is 0 Å². The Balaban J connectivity index is 2.66. The lowest BCUT2D eigenvalue weighted by atomic mass is 10.3. The number of aryl methyl sites for hydroxylation is 2. The van der Waals surface area contributed by atoms with Gasteiger partial charge < -0.3 is 4.74 Å². The third-order valence-electron chi connectivity index (χ3n) is 2.73. The maximum atomic E-state index is 6.27. The van der Waals surface area contributed by atoms with Crippen LogP contribution >= 0.6 is 23.2 Å². The first-order chi connectivity index (χ1) is 8.49. The van der Waals surface area contributed by atoms with Crippen LogP contribution in [0.4, 0.5) is 0 Å². The largest absolute Gasteiger partial charge is 0.383 e. The Labute approximate surface area is 119 Å². The highest BCUT2D eigenvalue weighted by Gasteiger charge is 2.16. The maximum absolute atomic E-state index is 6.27. The quantitative estimate of drug-likeness (QED) is 0.724. The lowest BCUT2D eigenvalue weighted by Gasteiger charge is -2.20. The van der Waals surface area contributed by atoms with Crippen LogP contribution in [0.2, 0.25) is 5.02 Å². The van der Waals surface area contributed by atoms with Crippen LogP contribution in [0.15, 0.2) is 0 Å². The molecule has 0 N–H and O–H groups in total. The van der Waals surface area contributed by atoms with Gasteiger partial charge in [-0.25, -0.2) is 0 Å². The van der Waals surface area contributed by atoms with Crippen molar-refractivity contribution in [3.8, 4) is 0 Å². The lowest BCUT2D eigenvalue weighted by molar-refractivity contribution is 0.180. The van der Waals surface area contributed by atoms with Crippen molar-refractivity contribution in [2.24, 2.45) is 0 Å². The van der Waals surface area contributed by atoms with Gasteiger partial charge in [-0.2, -0.15) is 5.10 Å². The highest BCUT2D eigenvalue weighted by molar-refractivity contribution is 6.31. The zero-order chi connectivity index (χ0) is 13.7. The molecule has 0 aromatic carbocycles. The van der Waals surface area contributed by atoms with Gasteiger partial charge in [-0.3, -0.25) is 9.58 Å². The average Bonchev–Trinajstić information content (AvgIpc) is 2.57. The zero-order valence-corrected chi connectivity index (χ0v) is 12.9. The lowest BCUT2D eigenvalue weighted by Crippen LogP contribution is -2.29. The maximum Gasteiger partial charge on any atom is 0.0860 e. The minimum Gasteiger partial charge on any atom is -0.383 e. The zero-order valence-electron chi connectivity index (χ0n) is 11.4. The summed E-state index contributed by atoms with van der Waals surface area (Å²) >= 11 is 12.4. The number of hydrogen-bond acceptors (Lipinski definition) is 3. The Kier molecular flexibility index (Phi) is 6.43. The Morgan fingerprint density at radius 1 is 1.50 bits per heavy atom. The fourth-order valence-electron chi connectivity index (χ4n) is 1.91. The summed E-state index contributed by atoms with van der Waals surface area (Å²) in [4.78, 5) is 2.13. The Hall–Kier alpha value is -0.290. The van der Waals surface area contributed by atoms with E-state index < -0.39 is 0 Å². The summed E-state index contributed by atoms with van der Waals surface area (Å²) in [5.74, 6) is 0. The molecule has 1 rings (SSSR count). The first-order valence-electron chi connectivity index (χ1n) is 6.02. The van der Waals surface area contributed by atoms with E-state index in [4.69, 9.17) is 27.9 Å². The van der Waals surface area contributed by atoms with Crippen molar-refractivity contribution in [3.05, 3.63) is 16.4 Å². The van der Waals surface area contributed by atoms with Crippen LogP contribution in [0.1, 0.15) is 18.3 Å². The fourth-order valence-corrected chi connectivity index (χ4v) is 2.47. The molecule has 0 aliphatic carbocycles. The van der Waals surface area contributed by atoms with Crippen molar-refractivity contribution < 1.29 is 4.74 Å². The van der Waals surface area contributed by atoms with E-state index in [2.05, 4.69) is 16.9 Å². The molecule has 0 aliphatic heterocycles. The van der Waals surface area contributed by atoms with Crippen LogP contribution in [0.3, 0.4) is 0 Å². The fraction of sp³-hybridized carbons (Fsp3) is 0.750. The Morgan fingerprint density at radius 2 is 2.17 bits per heavy atom. The van der Waals surface area contributed by atoms with Gasteiger partial charge in [0.1, 0.15) is 0 Å². The summed E-state index contributed by atoms with van der Waals surface area (Å²) in [5, 5.41) is 5.13. The number of methoxy groups -OCH3 is 1. The molecule has 0 aliphatic rings. The second kappa shape index (κ2) is 7.34. The molecule has 0 bridgehead atoms. The molecular formula is C12H21Cl2N3O. The number of hydrogen-bond donors (Lipinski definition) is 0. The van der Waals surface area contributed by atoms with Crippen molar-refractivity contribution >= 4 is 23.2 Å². The molecule has 1 atom stereocenters. The van der Waals surface area contributed by atoms with E-state index in [1.54, 1.807) is 7.11 Å². The second-order valence-electron chi connectivity index (χ2n) is 4.41. The number of aromatic nitrogens is 2. The van der Waals surface area contributed by atoms with Crippen LogP contribution in [0.25, 0.3) is 0 Å². The van der Waals surface area contributed by atoms with Gasteiger partial charge in [0.2, 0.25) is 0 Å². The number of ether oxygens (including phenoxy) is 1. The van der Waals surface area contributed by atoms with Crippen LogP contribution < -0.4 is 0 Å². The van der Waals surface area contributed by atoms with Gasteiger partial charge in [0.05, 0.1) is 28.4 Å². The number of nitrogens with zero attached hydrogens (tertiary/aromatic N) is 3. The molecule has 6 heteroatoms. The van der Waals surface area contributed by atoms with E-state index in [0.717, 1.165) is 36.0 Å². The van der Waals surface area contributed by atoms with E-state index in [1.165, 1.54) is 0 Å². The number of rotatable bonds is 7. The standard InChI is InChI=1S/C12H21Cl2N3O/c1-5-17-11(12(14)9(2)15-17)7-16(3)6-10(13)8-18-4/h10H,5-8H2,1-4H3. The Bertz CT molecular complexity index is 382. The van der Waals surface area contributed by atoms with Crippen molar-refractivity contribution in [1.82, 2.24) is 14.7 Å². The molecule has 0 saturated heterocycles. The summed E-state index contributed by atoms with van der Waals surface area (Å²) in [7, 11) is 3.67. The summed E-state index contributed by atoms with van der Waals surface area (Å²) in [6.07, 6.45) is 0. The molecule has 1 aromatic rings. The van der Waals surface area contributed by atoms with Crippen molar-refractivity contribution in [1.29, 1.82) is 0 Å². The van der Waals surface area contributed by atoms with Gasteiger partial charge in [0.25, 0.3) is 0 Å². The van der Waals surface area contributed by atoms with Gasteiger partial charge in [0.15, 0.2) is 0 Å².